The molecule has 4 heteroatoms. The Morgan fingerprint density at radius 3 is 2.72 bits per heavy atom. The largest absolute Gasteiger partial charge is 0.485 e. The monoisotopic (exact) mass is 338 g/mol. The van der Waals surface area contributed by atoms with Crippen molar-refractivity contribution >= 4 is 12.0 Å². The molecule has 1 heterocycles. The van der Waals surface area contributed by atoms with E-state index in [2.05, 4.69) is 18.2 Å². The third kappa shape index (κ3) is 4.48. The molecule has 0 bridgehead atoms. The molecule has 4 nitrogen and oxygen atoms in total. The predicted molar refractivity (Wildman–Crippen MR) is 96.8 cm³/mol. The van der Waals surface area contributed by atoms with Crippen molar-refractivity contribution in [3.8, 4) is 5.75 Å². The number of aliphatic carboxylic acids is 1. The quantitative estimate of drug-likeness (QED) is 0.836. The molecule has 0 unspecified atom stereocenters. The maximum Gasteiger partial charge on any atom is 0.333 e. The minimum atomic E-state index is -0.936. The summed E-state index contributed by atoms with van der Waals surface area (Å²) in [5.41, 5.74) is 3.13. The lowest BCUT2D eigenvalue weighted by Gasteiger charge is -2.22. The van der Waals surface area contributed by atoms with Gasteiger partial charge in [0, 0.05) is 25.0 Å². The molecule has 3 rings (SSSR count). The van der Waals surface area contributed by atoms with E-state index in [1.54, 1.807) is 6.92 Å². The van der Waals surface area contributed by atoms with E-state index in [1.807, 2.05) is 42.5 Å². The van der Waals surface area contributed by atoms with Crippen molar-refractivity contribution < 1.29 is 19.4 Å². The molecule has 0 radical (unpaired) electrons. The molecule has 1 N–H and O–H groups in total. The van der Waals surface area contributed by atoms with E-state index in [9.17, 15) is 9.90 Å². The molecule has 0 aromatic heterocycles. The molecule has 130 valence electrons. The summed E-state index contributed by atoms with van der Waals surface area (Å²) >= 11 is 0. The second-order valence-corrected chi connectivity index (χ2v) is 6.06. The first-order valence-electron chi connectivity index (χ1n) is 8.52. The second kappa shape index (κ2) is 7.99. The van der Waals surface area contributed by atoms with Gasteiger partial charge in [0.2, 0.25) is 0 Å². The Morgan fingerprint density at radius 2 is 2.00 bits per heavy atom. The zero-order chi connectivity index (χ0) is 17.6. The molecule has 1 aliphatic rings. The molecule has 1 aliphatic heterocycles. The lowest BCUT2D eigenvalue weighted by atomic mass is 10.00. The van der Waals surface area contributed by atoms with Gasteiger partial charge in [0.15, 0.2) is 6.10 Å². The van der Waals surface area contributed by atoms with Crippen LogP contribution in [0.2, 0.25) is 0 Å². The van der Waals surface area contributed by atoms with E-state index in [-0.39, 0.29) is 6.10 Å². The van der Waals surface area contributed by atoms with Crippen LogP contribution in [-0.4, -0.2) is 29.9 Å². The Morgan fingerprint density at radius 1 is 1.20 bits per heavy atom. The van der Waals surface area contributed by atoms with Crippen molar-refractivity contribution in [2.75, 3.05) is 6.61 Å². The van der Waals surface area contributed by atoms with Crippen molar-refractivity contribution in [2.45, 2.75) is 32.0 Å². The molecule has 0 aliphatic carbocycles. The zero-order valence-corrected chi connectivity index (χ0v) is 14.2. The number of hydrogen-bond acceptors (Lipinski definition) is 3. The maximum atomic E-state index is 11.2. The number of benzene rings is 2. The first kappa shape index (κ1) is 17.2. The van der Waals surface area contributed by atoms with Crippen molar-refractivity contribution in [3.05, 3.63) is 71.3 Å². The summed E-state index contributed by atoms with van der Waals surface area (Å²) in [5.74, 6) is -0.107. The predicted octanol–water partition coefficient (Wildman–Crippen LogP) is 3.74. The van der Waals surface area contributed by atoms with Crippen LogP contribution < -0.4 is 4.74 Å². The molecule has 0 fully saturated rings. The fourth-order valence-electron chi connectivity index (χ4n) is 2.96. The van der Waals surface area contributed by atoms with Crippen LogP contribution in [0.1, 0.15) is 23.6 Å². The summed E-state index contributed by atoms with van der Waals surface area (Å²) in [6.45, 7) is 2.18. The number of carboxylic acids is 1. The fraction of sp³-hybridized carbons (Fsp3) is 0.286. The van der Waals surface area contributed by atoms with Gasteiger partial charge in [-0.25, -0.2) is 4.79 Å². The fourth-order valence-corrected chi connectivity index (χ4v) is 2.96. The van der Waals surface area contributed by atoms with Gasteiger partial charge in [0.25, 0.3) is 0 Å². The van der Waals surface area contributed by atoms with Crippen LogP contribution in [0, 0.1) is 0 Å². The summed E-state index contributed by atoms with van der Waals surface area (Å²) in [7, 11) is 0. The van der Waals surface area contributed by atoms with Crippen LogP contribution in [0.5, 0.6) is 5.75 Å². The zero-order valence-electron chi connectivity index (χ0n) is 14.2. The van der Waals surface area contributed by atoms with Gasteiger partial charge in [0.1, 0.15) is 11.9 Å². The van der Waals surface area contributed by atoms with E-state index in [4.69, 9.17) is 9.47 Å². The molecular formula is C21H22O4. The molecular weight excluding hydrogens is 316 g/mol. The topological polar surface area (TPSA) is 55.8 Å². The average molecular weight is 338 g/mol. The number of rotatable bonds is 7. The smallest absolute Gasteiger partial charge is 0.333 e. The van der Waals surface area contributed by atoms with Gasteiger partial charge in [-0.2, -0.15) is 0 Å². The highest BCUT2D eigenvalue weighted by molar-refractivity contribution is 5.73. The summed E-state index contributed by atoms with van der Waals surface area (Å²) in [6.07, 6.45) is 4.46. The van der Waals surface area contributed by atoms with E-state index in [0.29, 0.717) is 13.0 Å². The average Bonchev–Trinajstić information content (AvgIpc) is 2.62. The van der Waals surface area contributed by atoms with Crippen molar-refractivity contribution in [2.24, 2.45) is 0 Å². The van der Waals surface area contributed by atoms with Gasteiger partial charge >= 0.3 is 5.97 Å². The number of fused-ring (bicyclic) bond motifs is 1. The first-order chi connectivity index (χ1) is 12.2. The van der Waals surface area contributed by atoms with Gasteiger partial charge < -0.3 is 14.6 Å². The van der Waals surface area contributed by atoms with Gasteiger partial charge in [-0.3, -0.25) is 0 Å². The van der Waals surface area contributed by atoms with Gasteiger partial charge in [-0.1, -0.05) is 42.5 Å². The molecule has 0 spiro atoms. The molecule has 25 heavy (non-hydrogen) atoms. The molecule has 2 aromatic rings. The Bertz CT molecular complexity index is 752. The Labute approximate surface area is 147 Å². The normalized spacial score (nSPS) is 16.8. The molecule has 2 atom stereocenters. The van der Waals surface area contributed by atoms with Crippen LogP contribution in [0.3, 0.4) is 0 Å². The Balaban J connectivity index is 1.69. The van der Waals surface area contributed by atoms with Crippen LogP contribution >= 0.6 is 0 Å². The molecule has 0 amide bonds. The van der Waals surface area contributed by atoms with Crippen molar-refractivity contribution in [3.63, 3.8) is 0 Å². The van der Waals surface area contributed by atoms with E-state index in [0.717, 1.165) is 23.3 Å². The summed E-state index contributed by atoms with van der Waals surface area (Å²) in [6, 6.07) is 16.0. The van der Waals surface area contributed by atoms with Gasteiger partial charge in [-0.05, 0) is 36.3 Å². The van der Waals surface area contributed by atoms with Crippen LogP contribution in [0.4, 0.5) is 0 Å². The lowest BCUT2D eigenvalue weighted by Crippen LogP contribution is -2.26. The SMILES string of the molecule is CCO[C@@H](Cc1ccc2c(c1)C=C[C@@H](Cc1ccccc1)O2)C(=O)O. The molecule has 0 saturated heterocycles. The first-order valence-corrected chi connectivity index (χ1v) is 8.52. The summed E-state index contributed by atoms with van der Waals surface area (Å²) in [4.78, 5) is 11.2. The third-order valence-electron chi connectivity index (χ3n) is 4.19. The summed E-state index contributed by atoms with van der Waals surface area (Å²) in [5, 5.41) is 9.22. The Hall–Kier alpha value is -2.59. The molecule has 0 saturated carbocycles. The highest BCUT2D eigenvalue weighted by atomic mass is 16.5. The van der Waals surface area contributed by atoms with Crippen LogP contribution in [-0.2, 0) is 22.4 Å². The summed E-state index contributed by atoms with van der Waals surface area (Å²) < 4.78 is 11.3. The minimum Gasteiger partial charge on any atom is -0.485 e. The number of carbonyl (C=O) groups is 1. The lowest BCUT2D eigenvalue weighted by molar-refractivity contribution is -0.149. The Kier molecular flexibility index (Phi) is 5.51. The van der Waals surface area contributed by atoms with Gasteiger partial charge in [0.05, 0.1) is 0 Å². The van der Waals surface area contributed by atoms with Crippen molar-refractivity contribution in [1.82, 2.24) is 0 Å². The molecule has 2 aromatic carbocycles. The van der Waals surface area contributed by atoms with E-state index >= 15 is 0 Å². The van der Waals surface area contributed by atoms with E-state index < -0.39 is 12.1 Å². The van der Waals surface area contributed by atoms with E-state index in [1.165, 1.54) is 5.56 Å². The van der Waals surface area contributed by atoms with Crippen LogP contribution in [0.25, 0.3) is 6.08 Å². The minimum absolute atomic E-state index is 0.0101. The number of ether oxygens (including phenoxy) is 2. The standard InChI is InChI=1S/C21H22O4/c1-2-24-20(21(22)23)14-16-8-11-19-17(12-16)9-10-18(25-19)13-15-6-4-3-5-7-15/h3-12,18,20H,2,13-14H2,1H3,(H,22,23)/t18-,20-/m0/s1. The third-order valence-corrected chi connectivity index (χ3v) is 4.19. The van der Waals surface area contributed by atoms with Gasteiger partial charge in [-0.15, -0.1) is 0 Å². The number of hydrogen-bond donors (Lipinski definition) is 1. The highest BCUT2D eigenvalue weighted by Gasteiger charge is 2.20. The number of carboxylic acid groups (broad SMARTS) is 1. The van der Waals surface area contributed by atoms with Crippen LogP contribution in [0.15, 0.2) is 54.6 Å². The highest BCUT2D eigenvalue weighted by Crippen LogP contribution is 2.28. The second-order valence-electron chi connectivity index (χ2n) is 6.06. The van der Waals surface area contributed by atoms with Crippen molar-refractivity contribution in [1.29, 1.82) is 0 Å². The maximum absolute atomic E-state index is 11.2.